The number of thiophene rings is 1. The Kier molecular flexibility index (Phi) is 4.69. The molecule has 0 aliphatic carbocycles. The van der Waals surface area contributed by atoms with Crippen LogP contribution in [-0.4, -0.2) is 15.5 Å². The van der Waals surface area contributed by atoms with Crippen LogP contribution in [0.1, 0.15) is 16.9 Å². The molecule has 1 amide bonds. The fourth-order valence-corrected chi connectivity index (χ4v) is 3.52. The van der Waals surface area contributed by atoms with E-state index < -0.39 is 0 Å². The monoisotopic (exact) mass is 361 g/mol. The van der Waals surface area contributed by atoms with E-state index >= 15 is 0 Å². The number of amides is 1. The molecule has 0 atom stereocenters. The van der Waals surface area contributed by atoms with Crippen LogP contribution in [0.25, 0.3) is 10.2 Å². The molecule has 5 nitrogen and oxygen atoms in total. The van der Waals surface area contributed by atoms with Crippen LogP contribution in [0, 0.1) is 13.8 Å². The molecule has 0 saturated heterocycles. The van der Waals surface area contributed by atoms with Crippen LogP contribution in [0.3, 0.4) is 0 Å². The van der Waals surface area contributed by atoms with Gasteiger partial charge in [0.1, 0.15) is 4.83 Å². The highest BCUT2D eigenvalue weighted by Crippen LogP contribution is 2.25. The van der Waals surface area contributed by atoms with E-state index in [9.17, 15) is 9.59 Å². The van der Waals surface area contributed by atoms with E-state index in [1.807, 2.05) is 13.8 Å². The van der Waals surface area contributed by atoms with Crippen LogP contribution in [0.4, 0.5) is 5.69 Å². The quantitative estimate of drug-likeness (QED) is 0.769. The first-order valence-electron chi connectivity index (χ1n) is 7.46. The van der Waals surface area contributed by atoms with E-state index in [0.29, 0.717) is 16.1 Å². The summed E-state index contributed by atoms with van der Waals surface area (Å²) in [5.74, 6) is -0.164. The van der Waals surface area contributed by atoms with Gasteiger partial charge in [0.15, 0.2) is 0 Å². The molecule has 0 unspecified atom stereocenters. The predicted octanol–water partition coefficient (Wildman–Crippen LogP) is 3.76. The Morgan fingerprint density at radius 3 is 2.71 bits per heavy atom. The van der Waals surface area contributed by atoms with Gasteiger partial charge in [-0.1, -0.05) is 11.6 Å². The lowest BCUT2D eigenvalue weighted by Crippen LogP contribution is -2.23. The van der Waals surface area contributed by atoms with E-state index in [4.69, 9.17) is 11.6 Å². The Morgan fingerprint density at radius 1 is 1.29 bits per heavy atom. The molecule has 1 aromatic carbocycles. The van der Waals surface area contributed by atoms with Gasteiger partial charge >= 0.3 is 0 Å². The lowest BCUT2D eigenvalue weighted by molar-refractivity contribution is -0.116. The summed E-state index contributed by atoms with van der Waals surface area (Å²) in [5.41, 5.74) is 1.54. The second-order valence-corrected chi connectivity index (χ2v) is 7.15. The first-order chi connectivity index (χ1) is 11.5. The van der Waals surface area contributed by atoms with Crippen molar-refractivity contribution in [2.24, 2.45) is 0 Å². The second kappa shape index (κ2) is 6.75. The molecular weight excluding hydrogens is 346 g/mol. The fraction of sp³-hybridized carbons (Fsp3) is 0.235. The zero-order valence-corrected chi connectivity index (χ0v) is 14.9. The topological polar surface area (TPSA) is 64.0 Å². The maximum atomic E-state index is 12.6. The van der Waals surface area contributed by atoms with Crippen molar-refractivity contribution in [1.29, 1.82) is 0 Å². The number of carbonyl (C=O) groups is 1. The minimum atomic E-state index is -0.164. The lowest BCUT2D eigenvalue weighted by Gasteiger charge is -2.07. The molecule has 24 heavy (non-hydrogen) atoms. The molecule has 0 spiro atoms. The highest BCUT2D eigenvalue weighted by Gasteiger charge is 2.12. The summed E-state index contributed by atoms with van der Waals surface area (Å²) in [6.07, 6.45) is 1.70. The smallest absolute Gasteiger partial charge is 0.262 e. The molecule has 7 heteroatoms. The molecule has 2 heterocycles. The summed E-state index contributed by atoms with van der Waals surface area (Å²) in [7, 11) is 0. The Balaban J connectivity index is 1.72. The van der Waals surface area contributed by atoms with E-state index in [0.717, 1.165) is 15.3 Å². The summed E-state index contributed by atoms with van der Waals surface area (Å²) in [6, 6.07) is 6.89. The van der Waals surface area contributed by atoms with Crippen molar-refractivity contribution in [3.05, 3.63) is 56.4 Å². The molecule has 3 aromatic rings. The van der Waals surface area contributed by atoms with Crippen LogP contribution in [0.15, 0.2) is 35.4 Å². The zero-order valence-electron chi connectivity index (χ0n) is 13.3. The number of nitrogens with one attached hydrogen (secondary N) is 1. The molecule has 0 aliphatic rings. The zero-order chi connectivity index (χ0) is 17.3. The first kappa shape index (κ1) is 16.7. The average Bonchev–Trinajstić information content (AvgIpc) is 2.84. The summed E-state index contributed by atoms with van der Waals surface area (Å²) in [4.78, 5) is 30.8. The number of aromatic nitrogens is 2. The molecule has 2 aromatic heterocycles. The Labute approximate surface area is 147 Å². The summed E-state index contributed by atoms with van der Waals surface area (Å²) in [6.45, 7) is 4.19. The summed E-state index contributed by atoms with van der Waals surface area (Å²) in [5, 5.41) is 4.04. The first-order valence-corrected chi connectivity index (χ1v) is 8.65. The molecular formula is C17H16ClN3O2S. The van der Waals surface area contributed by atoms with Gasteiger partial charge in [0.2, 0.25) is 5.91 Å². The van der Waals surface area contributed by atoms with Gasteiger partial charge in [-0.05, 0) is 43.7 Å². The standard InChI is InChI=1S/C17H16ClN3O2S/c1-10-11(2)24-16-15(10)17(23)21(9-19-16)8-7-14(22)20-13-5-3-12(18)4-6-13/h3-6,9H,7-8H2,1-2H3,(H,20,22). The molecule has 0 radical (unpaired) electrons. The highest BCUT2D eigenvalue weighted by atomic mass is 35.5. The molecule has 0 bridgehead atoms. The van der Waals surface area contributed by atoms with Gasteiger partial charge < -0.3 is 5.32 Å². The molecule has 124 valence electrons. The number of fused-ring (bicyclic) bond motifs is 1. The van der Waals surface area contributed by atoms with Crippen LogP contribution < -0.4 is 10.9 Å². The number of rotatable bonds is 4. The van der Waals surface area contributed by atoms with Gasteiger partial charge in [-0.2, -0.15) is 0 Å². The van der Waals surface area contributed by atoms with E-state index in [-0.39, 0.29) is 24.4 Å². The SMILES string of the molecule is Cc1sc2ncn(CCC(=O)Nc3ccc(Cl)cc3)c(=O)c2c1C. The minimum Gasteiger partial charge on any atom is -0.326 e. The van der Waals surface area contributed by atoms with Gasteiger partial charge in [-0.25, -0.2) is 4.98 Å². The van der Waals surface area contributed by atoms with Crippen molar-refractivity contribution in [3.8, 4) is 0 Å². The van der Waals surface area contributed by atoms with Crippen molar-refractivity contribution in [2.45, 2.75) is 26.8 Å². The van der Waals surface area contributed by atoms with Crippen molar-refractivity contribution in [3.63, 3.8) is 0 Å². The fourth-order valence-electron chi connectivity index (χ4n) is 2.41. The van der Waals surface area contributed by atoms with Crippen molar-refractivity contribution in [1.82, 2.24) is 9.55 Å². The third-order valence-electron chi connectivity index (χ3n) is 3.86. The normalized spacial score (nSPS) is 11.0. The predicted molar refractivity (Wildman–Crippen MR) is 98.1 cm³/mol. The highest BCUT2D eigenvalue weighted by molar-refractivity contribution is 7.18. The number of aryl methyl sites for hydroxylation is 3. The number of nitrogens with zero attached hydrogens (tertiary/aromatic N) is 2. The Hall–Kier alpha value is -2.18. The van der Waals surface area contributed by atoms with Crippen LogP contribution >= 0.6 is 22.9 Å². The van der Waals surface area contributed by atoms with Crippen molar-refractivity contribution >= 4 is 44.7 Å². The van der Waals surface area contributed by atoms with Gasteiger partial charge in [0.25, 0.3) is 5.56 Å². The third kappa shape index (κ3) is 3.34. The van der Waals surface area contributed by atoms with Crippen molar-refractivity contribution < 1.29 is 4.79 Å². The van der Waals surface area contributed by atoms with E-state index in [2.05, 4.69) is 10.3 Å². The van der Waals surface area contributed by atoms with Gasteiger partial charge in [-0.15, -0.1) is 11.3 Å². The van der Waals surface area contributed by atoms with Crippen LogP contribution in [0.5, 0.6) is 0 Å². The average molecular weight is 362 g/mol. The maximum absolute atomic E-state index is 12.6. The second-order valence-electron chi connectivity index (χ2n) is 5.51. The number of hydrogen-bond donors (Lipinski definition) is 1. The number of carbonyl (C=O) groups excluding carboxylic acids is 1. The summed E-state index contributed by atoms with van der Waals surface area (Å²) >= 11 is 7.33. The molecule has 0 aliphatic heterocycles. The van der Waals surface area contributed by atoms with E-state index in [1.165, 1.54) is 22.2 Å². The molecule has 1 N–H and O–H groups in total. The van der Waals surface area contributed by atoms with Crippen LogP contribution in [-0.2, 0) is 11.3 Å². The number of anilines is 1. The number of benzene rings is 1. The van der Waals surface area contributed by atoms with Crippen molar-refractivity contribution in [2.75, 3.05) is 5.32 Å². The number of hydrogen-bond acceptors (Lipinski definition) is 4. The van der Waals surface area contributed by atoms with Crippen LogP contribution in [0.2, 0.25) is 5.02 Å². The number of halogens is 1. The van der Waals surface area contributed by atoms with Gasteiger partial charge in [0, 0.05) is 28.6 Å². The molecule has 0 saturated carbocycles. The van der Waals surface area contributed by atoms with Gasteiger partial charge in [0.05, 0.1) is 11.7 Å². The Morgan fingerprint density at radius 2 is 2.00 bits per heavy atom. The molecule has 0 fully saturated rings. The maximum Gasteiger partial charge on any atom is 0.262 e. The Bertz CT molecular complexity index is 960. The van der Waals surface area contributed by atoms with Gasteiger partial charge in [-0.3, -0.25) is 14.2 Å². The van der Waals surface area contributed by atoms with E-state index in [1.54, 1.807) is 24.3 Å². The third-order valence-corrected chi connectivity index (χ3v) is 5.23. The minimum absolute atomic E-state index is 0.0962. The lowest BCUT2D eigenvalue weighted by atomic mass is 10.2. The largest absolute Gasteiger partial charge is 0.326 e. The molecule has 3 rings (SSSR count). The summed E-state index contributed by atoms with van der Waals surface area (Å²) < 4.78 is 1.49.